The first-order valence-electron chi connectivity index (χ1n) is 7.68. The number of hydrogen-bond donors (Lipinski definition) is 1. The van der Waals surface area contributed by atoms with Crippen molar-refractivity contribution in [3.05, 3.63) is 36.0 Å². The van der Waals surface area contributed by atoms with Gasteiger partial charge in [-0.1, -0.05) is 18.2 Å². The SMILES string of the molecule is CN(CC(=O)N1CCNCC1)c1c(C#N)cnc2ccccc12. The number of aromatic nitrogens is 1. The van der Waals surface area contributed by atoms with Gasteiger partial charge < -0.3 is 15.1 Å². The van der Waals surface area contributed by atoms with Crippen LogP contribution >= 0.6 is 0 Å². The summed E-state index contributed by atoms with van der Waals surface area (Å²) >= 11 is 0. The Morgan fingerprint density at radius 1 is 1.39 bits per heavy atom. The maximum absolute atomic E-state index is 12.5. The third-order valence-corrected chi connectivity index (χ3v) is 4.09. The molecule has 0 radical (unpaired) electrons. The molecule has 3 rings (SSSR count). The van der Waals surface area contributed by atoms with Crippen LogP contribution < -0.4 is 10.2 Å². The Bertz CT molecular complexity index is 761. The van der Waals surface area contributed by atoms with Gasteiger partial charge in [-0.3, -0.25) is 9.78 Å². The summed E-state index contributed by atoms with van der Waals surface area (Å²) in [6.45, 7) is 3.38. The summed E-state index contributed by atoms with van der Waals surface area (Å²) in [6, 6.07) is 9.86. The second kappa shape index (κ2) is 6.63. The molecule has 0 atom stereocenters. The Kier molecular flexibility index (Phi) is 4.40. The fourth-order valence-corrected chi connectivity index (χ4v) is 2.92. The van der Waals surface area contributed by atoms with Crippen molar-refractivity contribution < 1.29 is 4.79 Å². The van der Waals surface area contributed by atoms with Crippen LogP contribution in [0.1, 0.15) is 5.56 Å². The first-order valence-corrected chi connectivity index (χ1v) is 7.68. The second-order valence-electron chi connectivity index (χ2n) is 5.64. The van der Waals surface area contributed by atoms with Gasteiger partial charge in [0.15, 0.2) is 0 Å². The van der Waals surface area contributed by atoms with Crippen LogP contribution in [-0.4, -0.2) is 55.6 Å². The number of hydrogen-bond acceptors (Lipinski definition) is 5. The first kappa shape index (κ1) is 15.3. The van der Waals surface area contributed by atoms with Crippen molar-refractivity contribution in [1.29, 1.82) is 5.26 Å². The predicted octanol–water partition coefficient (Wildman–Crippen LogP) is 0.974. The number of fused-ring (bicyclic) bond motifs is 1. The molecule has 1 aromatic carbocycles. The number of para-hydroxylation sites is 1. The zero-order chi connectivity index (χ0) is 16.2. The number of benzene rings is 1. The molecule has 118 valence electrons. The molecular formula is C17H19N5O. The lowest BCUT2D eigenvalue weighted by atomic mass is 10.1. The maximum atomic E-state index is 12.5. The molecule has 1 saturated heterocycles. The van der Waals surface area contributed by atoms with Crippen LogP contribution in [-0.2, 0) is 4.79 Å². The Balaban J connectivity index is 1.89. The van der Waals surface area contributed by atoms with Gasteiger partial charge in [0.1, 0.15) is 6.07 Å². The summed E-state index contributed by atoms with van der Waals surface area (Å²) in [5.74, 6) is 0.0822. The number of nitriles is 1. The zero-order valence-electron chi connectivity index (χ0n) is 13.1. The molecule has 2 aromatic rings. The van der Waals surface area contributed by atoms with Crippen molar-refractivity contribution in [3.63, 3.8) is 0 Å². The molecule has 2 heterocycles. The third kappa shape index (κ3) is 3.10. The van der Waals surface area contributed by atoms with Crippen molar-refractivity contribution in [3.8, 4) is 6.07 Å². The van der Waals surface area contributed by atoms with Crippen molar-refractivity contribution in [2.75, 3.05) is 44.7 Å². The van der Waals surface area contributed by atoms with Crippen molar-refractivity contribution in [2.24, 2.45) is 0 Å². The Labute approximate surface area is 135 Å². The molecule has 6 nitrogen and oxygen atoms in total. The number of nitrogens with one attached hydrogen (secondary N) is 1. The highest BCUT2D eigenvalue weighted by Gasteiger charge is 2.20. The molecule has 1 fully saturated rings. The lowest BCUT2D eigenvalue weighted by molar-refractivity contribution is -0.130. The summed E-state index contributed by atoms with van der Waals surface area (Å²) in [4.78, 5) is 20.5. The van der Waals surface area contributed by atoms with Gasteiger partial charge in [0.05, 0.1) is 23.3 Å². The lowest BCUT2D eigenvalue weighted by Gasteiger charge is -2.30. The van der Waals surface area contributed by atoms with Gasteiger partial charge in [0.2, 0.25) is 5.91 Å². The van der Waals surface area contributed by atoms with E-state index in [1.807, 2.05) is 41.1 Å². The minimum atomic E-state index is 0.0822. The molecule has 0 unspecified atom stereocenters. The Hall–Kier alpha value is -2.65. The third-order valence-electron chi connectivity index (χ3n) is 4.09. The Morgan fingerprint density at radius 2 is 2.13 bits per heavy atom. The minimum Gasteiger partial charge on any atom is -0.364 e. The average molecular weight is 309 g/mol. The van der Waals surface area contributed by atoms with E-state index in [9.17, 15) is 10.1 Å². The predicted molar refractivity (Wildman–Crippen MR) is 89.2 cm³/mol. The highest BCUT2D eigenvalue weighted by Crippen LogP contribution is 2.28. The molecule has 1 aliphatic rings. The van der Waals surface area contributed by atoms with E-state index in [-0.39, 0.29) is 12.5 Å². The van der Waals surface area contributed by atoms with Crippen LogP contribution in [0, 0.1) is 11.3 Å². The average Bonchev–Trinajstić information content (AvgIpc) is 2.61. The monoisotopic (exact) mass is 309 g/mol. The van der Waals surface area contributed by atoms with Crippen molar-refractivity contribution in [1.82, 2.24) is 15.2 Å². The van der Waals surface area contributed by atoms with E-state index in [0.29, 0.717) is 5.56 Å². The number of likely N-dealkylation sites (N-methyl/N-ethyl adjacent to an activating group) is 1. The van der Waals surface area contributed by atoms with Crippen molar-refractivity contribution in [2.45, 2.75) is 0 Å². The molecular weight excluding hydrogens is 290 g/mol. The van der Waals surface area contributed by atoms with Crippen LogP contribution in [0.4, 0.5) is 5.69 Å². The van der Waals surface area contributed by atoms with E-state index in [4.69, 9.17) is 0 Å². The molecule has 0 aliphatic carbocycles. The molecule has 23 heavy (non-hydrogen) atoms. The minimum absolute atomic E-state index is 0.0822. The number of rotatable bonds is 3. The molecule has 0 saturated carbocycles. The van der Waals surface area contributed by atoms with Crippen LogP contribution in [0.5, 0.6) is 0 Å². The molecule has 1 aliphatic heterocycles. The number of amides is 1. The molecule has 0 spiro atoms. The fraction of sp³-hybridized carbons (Fsp3) is 0.353. The maximum Gasteiger partial charge on any atom is 0.242 e. The van der Waals surface area contributed by atoms with Gasteiger partial charge >= 0.3 is 0 Å². The smallest absolute Gasteiger partial charge is 0.242 e. The number of carbonyl (C=O) groups excluding carboxylic acids is 1. The zero-order valence-corrected chi connectivity index (χ0v) is 13.1. The summed E-state index contributed by atoms with van der Waals surface area (Å²) in [7, 11) is 1.85. The quantitative estimate of drug-likeness (QED) is 0.915. The van der Waals surface area contributed by atoms with Gasteiger partial charge in [-0.15, -0.1) is 0 Å². The van der Waals surface area contributed by atoms with Gasteiger partial charge in [0.25, 0.3) is 0 Å². The topological polar surface area (TPSA) is 72.3 Å². The number of pyridine rings is 1. The largest absolute Gasteiger partial charge is 0.364 e. The molecule has 0 bridgehead atoms. The number of piperazine rings is 1. The molecule has 1 aromatic heterocycles. The normalized spacial score (nSPS) is 14.5. The van der Waals surface area contributed by atoms with Gasteiger partial charge in [-0.2, -0.15) is 5.26 Å². The standard InChI is InChI=1S/C17H19N5O/c1-21(12-16(23)22-8-6-19-7-9-22)17-13(10-18)11-20-15-5-3-2-4-14(15)17/h2-5,11,19H,6-9,12H2,1H3. The number of carbonyl (C=O) groups is 1. The van der Waals surface area contributed by atoms with Crippen LogP contribution in [0.2, 0.25) is 0 Å². The summed E-state index contributed by atoms with van der Waals surface area (Å²) < 4.78 is 0. The van der Waals surface area contributed by atoms with Gasteiger partial charge in [0, 0.05) is 44.8 Å². The Morgan fingerprint density at radius 3 is 2.87 bits per heavy atom. The number of anilines is 1. The molecule has 1 N–H and O–H groups in total. The van der Waals surface area contributed by atoms with E-state index >= 15 is 0 Å². The first-order chi connectivity index (χ1) is 11.2. The highest BCUT2D eigenvalue weighted by atomic mass is 16.2. The summed E-state index contributed by atoms with van der Waals surface area (Å²) in [5.41, 5.74) is 2.07. The molecule has 6 heteroatoms. The van der Waals surface area contributed by atoms with Crippen molar-refractivity contribution >= 4 is 22.5 Å². The van der Waals surface area contributed by atoms with E-state index in [0.717, 1.165) is 42.8 Å². The van der Waals surface area contributed by atoms with Gasteiger partial charge in [-0.05, 0) is 6.07 Å². The molecule has 1 amide bonds. The summed E-state index contributed by atoms with van der Waals surface area (Å²) in [5, 5.41) is 13.5. The van der Waals surface area contributed by atoms with Crippen LogP contribution in [0.15, 0.2) is 30.5 Å². The van der Waals surface area contributed by atoms with Crippen LogP contribution in [0.25, 0.3) is 10.9 Å². The van der Waals surface area contributed by atoms with E-state index in [2.05, 4.69) is 16.4 Å². The lowest BCUT2D eigenvalue weighted by Crippen LogP contribution is -2.49. The second-order valence-corrected chi connectivity index (χ2v) is 5.64. The van der Waals surface area contributed by atoms with E-state index in [1.54, 1.807) is 6.20 Å². The summed E-state index contributed by atoms with van der Waals surface area (Å²) in [6.07, 6.45) is 1.57. The number of nitrogens with zero attached hydrogens (tertiary/aromatic N) is 4. The fourth-order valence-electron chi connectivity index (χ4n) is 2.92. The van der Waals surface area contributed by atoms with Crippen LogP contribution in [0.3, 0.4) is 0 Å². The highest BCUT2D eigenvalue weighted by molar-refractivity contribution is 5.96. The van der Waals surface area contributed by atoms with E-state index in [1.165, 1.54) is 0 Å². The van der Waals surface area contributed by atoms with E-state index < -0.39 is 0 Å². The van der Waals surface area contributed by atoms with Gasteiger partial charge in [-0.25, -0.2) is 0 Å².